The minimum absolute atomic E-state index is 0.00639. The van der Waals surface area contributed by atoms with Crippen molar-refractivity contribution in [2.75, 3.05) is 0 Å². The van der Waals surface area contributed by atoms with Crippen LogP contribution in [0, 0.1) is 0 Å². The molecule has 1 heterocycles. The highest BCUT2D eigenvalue weighted by molar-refractivity contribution is 7.11. The molecule has 0 atom stereocenters. The zero-order valence-corrected chi connectivity index (χ0v) is 12.3. The highest BCUT2D eigenvalue weighted by Crippen LogP contribution is 2.36. The number of nitrogens with zero attached hydrogens (tertiary/aromatic N) is 1. The van der Waals surface area contributed by atoms with E-state index < -0.39 is 5.97 Å². The Bertz CT molecular complexity index is 606. The molecule has 19 heavy (non-hydrogen) atoms. The summed E-state index contributed by atoms with van der Waals surface area (Å²) >= 11 is 18.7. The van der Waals surface area contributed by atoms with Crippen molar-refractivity contribution in [1.29, 1.82) is 0 Å². The standard InChI is InChI=1S/C11H6Cl3NO3S/c12-5-1-7(13)9(8(14)2-5)18-3-6-4-19-10(15-6)11(16)17/h1-2,4H,3H2,(H,16,17). The van der Waals surface area contributed by atoms with Gasteiger partial charge in [-0.3, -0.25) is 0 Å². The third-order valence-corrected chi connectivity index (χ3v) is 3.72. The summed E-state index contributed by atoms with van der Waals surface area (Å²) in [5, 5.41) is 11.3. The molecule has 2 aromatic rings. The molecule has 0 fully saturated rings. The van der Waals surface area contributed by atoms with Gasteiger partial charge in [-0.1, -0.05) is 34.8 Å². The fraction of sp³-hybridized carbons (Fsp3) is 0.0909. The van der Waals surface area contributed by atoms with Gasteiger partial charge in [0.1, 0.15) is 6.61 Å². The normalized spacial score (nSPS) is 10.5. The lowest BCUT2D eigenvalue weighted by Crippen LogP contribution is -1.99. The second-order valence-corrected chi connectivity index (χ2v) is 5.55. The van der Waals surface area contributed by atoms with Crippen LogP contribution in [0.2, 0.25) is 15.1 Å². The summed E-state index contributed by atoms with van der Waals surface area (Å²) in [7, 11) is 0. The van der Waals surface area contributed by atoms with E-state index in [9.17, 15) is 4.79 Å². The van der Waals surface area contributed by atoms with Crippen molar-refractivity contribution in [3.05, 3.63) is 43.3 Å². The van der Waals surface area contributed by atoms with Gasteiger partial charge < -0.3 is 9.84 Å². The van der Waals surface area contributed by atoms with Crippen molar-refractivity contribution in [2.24, 2.45) is 0 Å². The summed E-state index contributed by atoms with van der Waals surface area (Å²) in [4.78, 5) is 14.6. The first-order valence-electron chi connectivity index (χ1n) is 4.92. The second kappa shape index (κ2) is 5.96. The minimum atomic E-state index is -1.07. The first kappa shape index (κ1) is 14.4. The van der Waals surface area contributed by atoms with E-state index in [1.165, 1.54) is 12.1 Å². The smallest absolute Gasteiger partial charge is 0.365 e. The van der Waals surface area contributed by atoms with Crippen LogP contribution in [0.5, 0.6) is 5.75 Å². The fourth-order valence-electron chi connectivity index (χ4n) is 1.28. The molecular formula is C11H6Cl3NO3S. The summed E-state index contributed by atoms with van der Waals surface area (Å²) in [6.07, 6.45) is 0. The van der Waals surface area contributed by atoms with Gasteiger partial charge in [0, 0.05) is 10.4 Å². The predicted octanol–water partition coefficient (Wildman–Crippen LogP) is 4.38. The molecule has 0 saturated heterocycles. The van der Waals surface area contributed by atoms with Crippen molar-refractivity contribution >= 4 is 52.1 Å². The number of carbonyl (C=O) groups is 1. The van der Waals surface area contributed by atoms with E-state index in [1.54, 1.807) is 5.38 Å². The van der Waals surface area contributed by atoms with Crippen LogP contribution in [0.1, 0.15) is 15.5 Å². The molecule has 0 saturated carbocycles. The van der Waals surface area contributed by atoms with Crippen LogP contribution in [0.3, 0.4) is 0 Å². The van der Waals surface area contributed by atoms with Crippen molar-refractivity contribution in [2.45, 2.75) is 6.61 Å². The maximum Gasteiger partial charge on any atom is 0.365 e. The first-order chi connectivity index (χ1) is 8.97. The molecule has 0 aliphatic carbocycles. The van der Waals surface area contributed by atoms with Gasteiger partial charge in [-0.25, -0.2) is 9.78 Å². The number of halogens is 3. The van der Waals surface area contributed by atoms with E-state index in [0.29, 0.717) is 10.7 Å². The number of carboxylic acids is 1. The molecule has 0 unspecified atom stereocenters. The molecule has 4 nitrogen and oxygen atoms in total. The highest BCUT2D eigenvalue weighted by atomic mass is 35.5. The minimum Gasteiger partial charge on any atom is -0.484 e. The topological polar surface area (TPSA) is 59.4 Å². The van der Waals surface area contributed by atoms with E-state index in [2.05, 4.69) is 4.98 Å². The number of hydrogen-bond acceptors (Lipinski definition) is 4. The Morgan fingerprint density at radius 2 is 1.95 bits per heavy atom. The molecule has 1 aromatic carbocycles. The molecule has 8 heteroatoms. The van der Waals surface area contributed by atoms with Crippen molar-refractivity contribution in [3.8, 4) is 5.75 Å². The Kier molecular flexibility index (Phi) is 4.52. The predicted molar refractivity (Wildman–Crippen MR) is 74.9 cm³/mol. The monoisotopic (exact) mass is 337 g/mol. The van der Waals surface area contributed by atoms with E-state index in [-0.39, 0.29) is 27.4 Å². The third kappa shape index (κ3) is 3.51. The number of aromatic nitrogens is 1. The first-order valence-corrected chi connectivity index (χ1v) is 6.93. The lowest BCUT2D eigenvalue weighted by molar-refractivity contribution is 0.0696. The molecule has 0 spiro atoms. The number of rotatable bonds is 4. The van der Waals surface area contributed by atoms with E-state index in [0.717, 1.165) is 11.3 Å². The van der Waals surface area contributed by atoms with E-state index in [1.807, 2.05) is 0 Å². The Labute approximate surface area is 127 Å². The number of aromatic carboxylic acids is 1. The maximum atomic E-state index is 10.7. The molecule has 0 radical (unpaired) electrons. The molecule has 1 N–H and O–H groups in total. The molecule has 2 rings (SSSR count). The van der Waals surface area contributed by atoms with Gasteiger partial charge in [0.2, 0.25) is 5.01 Å². The summed E-state index contributed by atoms with van der Waals surface area (Å²) in [6, 6.07) is 3.02. The van der Waals surface area contributed by atoms with Gasteiger partial charge in [-0.05, 0) is 12.1 Å². The van der Waals surface area contributed by atoms with Gasteiger partial charge >= 0.3 is 5.97 Å². The fourth-order valence-corrected chi connectivity index (χ4v) is 2.85. The van der Waals surface area contributed by atoms with Gasteiger partial charge in [0.05, 0.1) is 15.7 Å². The van der Waals surface area contributed by atoms with Crippen molar-refractivity contribution in [1.82, 2.24) is 4.98 Å². The molecule has 1 aromatic heterocycles. The van der Waals surface area contributed by atoms with Crippen LogP contribution < -0.4 is 4.74 Å². The van der Waals surface area contributed by atoms with Gasteiger partial charge in [0.15, 0.2) is 5.75 Å². The Balaban J connectivity index is 2.12. The zero-order chi connectivity index (χ0) is 14.0. The van der Waals surface area contributed by atoms with Crippen molar-refractivity contribution < 1.29 is 14.6 Å². The van der Waals surface area contributed by atoms with E-state index >= 15 is 0 Å². The summed E-state index contributed by atoms with van der Waals surface area (Å²) in [6.45, 7) is 0.0743. The largest absolute Gasteiger partial charge is 0.484 e. The number of carboxylic acid groups (broad SMARTS) is 1. The summed E-state index contributed by atoms with van der Waals surface area (Å²) < 4.78 is 5.43. The number of thiazole rings is 1. The number of ether oxygens (including phenoxy) is 1. The molecule has 0 amide bonds. The van der Waals surface area contributed by atoms with Crippen LogP contribution in [-0.4, -0.2) is 16.1 Å². The quantitative estimate of drug-likeness (QED) is 0.898. The molecule has 0 aliphatic heterocycles. The second-order valence-electron chi connectivity index (χ2n) is 3.44. The van der Waals surface area contributed by atoms with Gasteiger partial charge in [0.25, 0.3) is 0 Å². The summed E-state index contributed by atoms with van der Waals surface area (Å²) in [5.41, 5.74) is 0.490. The Hall–Kier alpha value is -1.01. The lowest BCUT2D eigenvalue weighted by atomic mass is 10.3. The SMILES string of the molecule is O=C(O)c1nc(COc2c(Cl)cc(Cl)cc2Cl)cs1. The Morgan fingerprint density at radius 1 is 1.32 bits per heavy atom. The van der Waals surface area contributed by atoms with Crippen LogP contribution in [-0.2, 0) is 6.61 Å². The van der Waals surface area contributed by atoms with E-state index in [4.69, 9.17) is 44.6 Å². The molecular weight excluding hydrogens is 333 g/mol. The van der Waals surface area contributed by atoms with Gasteiger partial charge in [-0.2, -0.15) is 0 Å². The lowest BCUT2D eigenvalue weighted by Gasteiger charge is -2.08. The molecule has 100 valence electrons. The van der Waals surface area contributed by atoms with Crippen LogP contribution in [0.25, 0.3) is 0 Å². The third-order valence-electron chi connectivity index (χ3n) is 2.06. The number of hydrogen-bond donors (Lipinski definition) is 1. The van der Waals surface area contributed by atoms with Gasteiger partial charge in [-0.15, -0.1) is 11.3 Å². The van der Waals surface area contributed by atoms with Crippen molar-refractivity contribution in [3.63, 3.8) is 0 Å². The van der Waals surface area contributed by atoms with Crippen LogP contribution >= 0.6 is 46.1 Å². The Morgan fingerprint density at radius 3 is 2.47 bits per heavy atom. The van der Waals surface area contributed by atoms with Crippen LogP contribution in [0.4, 0.5) is 0 Å². The average molecular weight is 339 g/mol. The van der Waals surface area contributed by atoms with Crippen LogP contribution in [0.15, 0.2) is 17.5 Å². The summed E-state index contributed by atoms with van der Waals surface area (Å²) in [5.74, 6) is -0.781. The average Bonchev–Trinajstić information content (AvgIpc) is 2.76. The molecule has 0 aliphatic rings. The zero-order valence-electron chi connectivity index (χ0n) is 9.19. The number of benzene rings is 1. The molecule has 0 bridgehead atoms. The maximum absolute atomic E-state index is 10.7. The highest BCUT2D eigenvalue weighted by Gasteiger charge is 2.12.